The number of rotatable bonds is 17. The van der Waals surface area contributed by atoms with Gasteiger partial charge in [-0.3, -0.25) is 4.79 Å². The second kappa shape index (κ2) is 31.9. The molecular formula is C22H46O4. The van der Waals surface area contributed by atoms with Gasteiger partial charge in [-0.2, -0.15) is 0 Å². The van der Waals surface area contributed by atoms with Crippen LogP contribution in [-0.2, 0) is 4.79 Å². The van der Waals surface area contributed by atoms with Crippen molar-refractivity contribution in [3.05, 3.63) is 13.2 Å². The highest BCUT2D eigenvalue weighted by atomic mass is 16.4. The number of hydrogen-bond donors (Lipinski definition) is 3. The maximum absolute atomic E-state index is 10.3. The van der Waals surface area contributed by atoms with E-state index in [1.807, 2.05) is 0 Å². The fourth-order valence-electron chi connectivity index (χ4n) is 2.65. The molecule has 0 radical (unpaired) electrons. The van der Waals surface area contributed by atoms with E-state index in [9.17, 15) is 4.79 Å². The summed E-state index contributed by atoms with van der Waals surface area (Å²) < 4.78 is 0. The molecule has 0 aromatic rings. The molecule has 0 rings (SSSR count). The highest BCUT2D eigenvalue weighted by molar-refractivity contribution is 5.66. The lowest BCUT2D eigenvalue weighted by molar-refractivity contribution is -0.137. The third-order valence-corrected chi connectivity index (χ3v) is 4.09. The van der Waals surface area contributed by atoms with Crippen LogP contribution in [0.15, 0.2) is 13.2 Å². The lowest BCUT2D eigenvalue weighted by Crippen LogP contribution is -1.93. The molecule has 0 spiro atoms. The van der Waals surface area contributed by atoms with Gasteiger partial charge in [0.1, 0.15) is 0 Å². The number of carbonyl (C=O) groups is 1. The van der Waals surface area contributed by atoms with Crippen molar-refractivity contribution in [2.75, 3.05) is 13.2 Å². The van der Waals surface area contributed by atoms with Crippen LogP contribution in [0, 0.1) is 0 Å². The molecule has 0 amide bonds. The fourth-order valence-corrected chi connectivity index (χ4v) is 2.65. The highest BCUT2D eigenvalue weighted by Gasteiger charge is 1.97. The van der Waals surface area contributed by atoms with Crippen LogP contribution in [0.3, 0.4) is 0 Å². The molecule has 0 aromatic heterocycles. The fraction of sp³-hybridized carbons (Fsp3) is 0.864. The van der Waals surface area contributed by atoms with Crippen molar-refractivity contribution in [3.63, 3.8) is 0 Å². The van der Waals surface area contributed by atoms with Gasteiger partial charge in [-0.1, -0.05) is 96.8 Å². The summed E-state index contributed by atoms with van der Waals surface area (Å²) in [6.07, 6.45) is 20.2. The third kappa shape index (κ3) is 38.6. The normalized spacial score (nSPS) is 9.65. The van der Waals surface area contributed by atoms with E-state index < -0.39 is 5.97 Å². The molecule has 0 saturated heterocycles. The van der Waals surface area contributed by atoms with Crippen molar-refractivity contribution in [2.45, 2.75) is 110 Å². The van der Waals surface area contributed by atoms with Crippen molar-refractivity contribution in [1.82, 2.24) is 0 Å². The van der Waals surface area contributed by atoms with E-state index in [4.69, 9.17) is 15.3 Å². The van der Waals surface area contributed by atoms with E-state index >= 15 is 0 Å². The van der Waals surface area contributed by atoms with Gasteiger partial charge in [-0.25, -0.2) is 0 Å². The first kappa shape index (κ1) is 29.9. The van der Waals surface area contributed by atoms with Gasteiger partial charge < -0.3 is 15.3 Å². The summed E-state index contributed by atoms with van der Waals surface area (Å²) in [6.45, 7) is 8.02. The van der Waals surface area contributed by atoms with Gasteiger partial charge >= 0.3 is 5.97 Å². The van der Waals surface area contributed by atoms with Crippen LogP contribution in [0.2, 0.25) is 0 Å². The number of unbranched alkanes of at least 4 members (excludes halogenated alkanes) is 14. The molecular weight excluding hydrogens is 328 g/mol. The maximum Gasteiger partial charge on any atom is 0.303 e. The first-order valence-electron chi connectivity index (χ1n) is 10.6. The minimum atomic E-state index is -0.653. The summed E-state index contributed by atoms with van der Waals surface area (Å²) in [5, 5.41) is 23.8. The van der Waals surface area contributed by atoms with Crippen LogP contribution >= 0.6 is 0 Å². The Morgan fingerprint density at radius 2 is 0.885 bits per heavy atom. The third-order valence-electron chi connectivity index (χ3n) is 4.09. The predicted octanol–water partition coefficient (Wildman–Crippen LogP) is 6.11. The molecule has 0 atom stereocenters. The Balaban J connectivity index is -0.000000769. The molecule has 0 saturated carbocycles. The maximum atomic E-state index is 10.3. The first-order valence-corrected chi connectivity index (χ1v) is 10.6. The number of hydrogen-bond acceptors (Lipinski definition) is 3. The SMILES string of the molecule is C=C.CCCCCCCCCCCCCCCCCC(=O)O.OCCO. The number of carboxylic acid groups (broad SMARTS) is 1. The Kier molecular flexibility index (Phi) is 36.6. The smallest absolute Gasteiger partial charge is 0.303 e. The molecule has 3 N–H and O–H groups in total. The monoisotopic (exact) mass is 374 g/mol. The largest absolute Gasteiger partial charge is 0.481 e. The molecule has 4 heteroatoms. The average molecular weight is 375 g/mol. The van der Waals surface area contributed by atoms with E-state index in [2.05, 4.69) is 20.1 Å². The zero-order valence-corrected chi connectivity index (χ0v) is 17.4. The second-order valence-corrected chi connectivity index (χ2v) is 6.54. The number of aliphatic hydroxyl groups excluding tert-OH is 2. The Hall–Kier alpha value is -0.870. The van der Waals surface area contributed by atoms with Crippen LogP contribution in [0.1, 0.15) is 110 Å². The van der Waals surface area contributed by atoms with Crippen molar-refractivity contribution in [2.24, 2.45) is 0 Å². The number of carboxylic acids is 1. The summed E-state index contributed by atoms with van der Waals surface area (Å²) in [5.41, 5.74) is 0. The standard InChI is InChI=1S/C18H36O2.C2H6O2.C2H4/c1-2-3-4-5-6-7-8-9-10-11-12-13-14-15-16-17-18(19)20;3-1-2-4;1-2/h2-17H2,1H3,(H,19,20);3-4H,1-2H2;1-2H2. The second-order valence-electron chi connectivity index (χ2n) is 6.54. The van der Waals surface area contributed by atoms with Crippen LogP contribution in [-0.4, -0.2) is 34.5 Å². The average Bonchev–Trinajstić information content (AvgIpc) is 2.66. The number of aliphatic hydroxyl groups is 2. The summed E-state index contributed by atoms with van der Waals surface area (Å²) >= 11 is 0. The van der Waals surface area contributed by atoms with E-state index in [1.54, 1.807) is 0 Å². The Labute approximate surface area is 162 Å². The number of aliphatic carboxylic acids is 1. The molecule has 0 aliphatic heterocycles. The minimum absolute atomic E-state index is 0.125. The van der Waals surface area contributed by atoms with E-state index in [1.165, 1.54) is 83.5 Å². The van der Waals surface area contributed by atoms with Gasteiger partial charge in [0.2, 0.25) is 0 Å². The van der Waals surface area contributed by atoms with Gasteiger partial charge in [-0.05, 0) is 6.42 Å². The van der Waals surface area contributed by atoms with E-state index in [0.29, 0.717) is 6.42 Å². The zero-order valence-electron chi connectivity index (χ0n) is 17.4. The highest BCUT2D eigenvalue weighted by Crippen LogP contribution is 2.13. The minimum Gasteiger partial charge on any atom is -0.481 e. The van der Waals surface area contributed by atoms with Gasteiger partial charge in [-0.15, -0.1) is 13.2 Å². The molecule has 0 aliphatic carbocycles. The lowest BCUT2D eigenvalue weighted by Gasteiger charge is -2.03. The molecule has 158 valence electrons. The summed E-state index contributed by atoms with van der Waals surface area (Å²) in [6, 6.07) is 0. The molecule has 26 heavy (non-hydrogen) atoms. The van der Waals surface area contributed by atoms with Gasteiger partial charge in [0.25, 0.3) is 0 Å². The van der Waals surface area contributed by atoms with E-state index in [-0.39, 0.29) is 13.2 Å². The molecule has 0 unspecified atom stereocenters. The Morgan fingerprint density at radius 1 is 0.615 bits per heavy atom. The van der Waals surface area contributed by atoms with Crippen molar-refractivity contribution < 1.29 is 20.1 Å². The van der Waals surface area contributed by atoms with Crippen LogP contribution in [0.25, 0.3) is 0 Å². The summed E-state index contributed by atoms with van der Waals surface area (Å²) in [7, 11) is 0. The quantitative estimate of drug-likeness (QED) is 0.212. The van der Waals surface area contributed by atoms with Gasteiger partial charge in [0.15, 0.2) is 0 Å². The summed E-state index contributed by atoms with van der Waals surface area (Å²) in [5.74, 6) is -0.653. The Morgan fingerprint density at radius 3 is 1.12 bits per heavy atom. The molecule has 0 aromatic carbocycles. The first-order chi connectivity index (χ1) is 12.7. The van der Waals surface area contributed by atoms with Crippen LogP contribution in [0.5, 0.6) is 0 Å². The predicted molar refractivity (Wildman–Crippen MR) is 113 cm³/mol. The van der Waals surface area contributed by atoms with Gasteiger partial charge in [0, 0.05) is 6.42 Å². The zero-order chi connectivity index (χ0) is 20.3. The topological polar surface area (TPSA) is 77.8 Å². The molecule has 0 bridgehead atoms. The lowest BCUT2D eigenvalue weighted by atomic mass is 10.0. The van der Waals surface area contributed by atoms with Crippen molar-refractivity contribution in [3.8, 4) is 0 Å². The molecule has 0 fully saturated rings. The summed E-state index contributed by atoms with van der Waals surface area (Å²) in [4.78, 5) is 10.3. The molecule has 4 nitrogen and oxygen atoms in total. The molecule has 0 aliphatic rings. The molecule has 0 heterocycles. The van der Waals surface area contributed by atoms with Crippen LogP contribution in [0.4, 0.5) is 0 Å². The van der Waals surface area contributed by atoms with E-state index in [0.717, 1.165) is 12.8 Å². The van der Waals surface area contributed by atoms with Gasteiger partial charge in [0.05, 0.1) is 13.2 Å². The van der Waals surface area contributed by atoms with Crippen molar-refractivity contribution in [1.29, 1.82) is 0 Å². The Bertz CT molecular complexity index is 242. The van der Waals surface area contributed by atoms with Crippen molar-refractivity contribution >= 4 is 5.97 Å². The van der Waals surface area contributed by atoms with Crippen LogP contribution < -0.4 is 0 Å².